The monoisotopic (exact) mass is 338 g/mol. The van der Waals surface area contributed by atoms with Crippen molar-refractivity contribution in [1.29, 1.82) is 0 Å². The second-order valence-electron chi connectivity index (χ2n) is 5.15. The van der Waals surface area contributed by atoms with E-state index in [1.165, 1.54) is 37.3 Å². The summed E-state index contributed by atoms with van der Waals surface area (Å²) in [7, 11) is 0. The van der Waals surface area contributed by atoms with Crippen molar-refractivity contribution in [3.63, 3.8) is 0 Å². The van der Waals surface area contributed by atoms with Gasteiger partial charge in [-0.3, -0.25) is 4.90 Å². The molecule has 1 saturated heterocycles. The van der Waals surface area contributed by atoms with Gasteiger partial charge in [0.15, 0.2) is 0 Å². The molecule has 116 valence electrons. The largest absolute Gasteiger partial charge is 0.301 e. The number of alkyl halides is 1. The van der Waals surface area contributed by atoms with Gasteiger partial charge in [0.2, 0.25) is 0 Å². The Morgan fingerprint density at radius 3 is 2.05 bits per heavy atom. The number of nitrogens with zero attached hydrogens (tertiary/aromatic N) is 2. The molecule has 20 heavy (non-hydrogen) atoms. The molecule has 0 aromatic heterocycles. The molecule has 0 unspecified atom stereocenters. The van der Waals surface area contributed by atoms with Gasteiger partial charge in [-0.1, -0.05) is 29.8 Å². The maximum Gasteiger partial charge on any atom is 0.0235 e. The first kappa shape index (κ1) is 20.0. The lowest BCUT2D eigenvalue weighted by molar-refractivity contribution is 0.127. The molecule has 1 fully saturated rings. The van der Waals surface area contributed by atoms with E-state index in [0.717, 1.165) is 25.4 Å². The van der Waals surface area contributed by atoms with E-state index in [0.29, 0.717) is 0 Å². The Morgan fingerprint density at radius 1 is 0.950 bits per heavy atom. The fourth-order valence-electron chi connectivity index (χ4n) is 2.41. The van der Waals surface area contributed by atoms with Crippen molar-refractivity contribution in [3.8, 4) is 0 Å². The van der Waals surface area contributed by atoms with Crippen molar-refractivity contribution >= 4 is 36.4 Å². The van der Waals surface area contributed by atoms with Crippen molar-refractivity contribution in [2.24, 2.45) is 0 Å². The van der Waals surface area contributed by atoms with Crippen molar-refractivity contribution in [1.82, 2.24) is 9.80 Å². The highest BCUT2D eigenvalue weighted by molar-refractivity contribution is 6.17. The normalized spacial score (nSPS) is 16.3. The lowest BCUT2D eigenvalue weighted by atomic mass is 10.1. The summed E-state index contributed by atoms with van der Waals surface area (Å²) < 4.78 is 0. The molecule has 2 nitrogen and oxygen atoms in total. The van der Waals surface area contributed by atoms with Crippen molar-refractivity contribution in [2.45, 2.75) is 19.9 Å². The quantitative estimate of drug-likeness (QED) is 0.757. The standard InChI is InChI=1S/C15H23ClN2.2ClH/c1-14-3-5-15(6-4-14)13-18-11-9-17(10-12-18)8-2-7-16;;/h3-6H,2,7-13H2,1H3;2*1H. The molecule has 0 N–H and O–H groups in total. The predicted molar refractivity (Wildman–Crippen MR) is 92.7 cm³/mol. The molecule has 1 aromatic rings. The SMILES string of the molecule is Cc1ccc(CN2CCN(CCCCl)CC2)cc1.Cl.Cl. The van der Waals surface area contributed by atoms with Crippen LogP contribution in [0, 0.1) is 6.92 Å². The van der Waals surface area contributed by atoms with Crippen LogP contribution >= 0.6 is 36.4 Å². The molecule has 0 spiro atoms. The minimum absolute atomic E-state index is 0. The van der Waals surface area contributed by atoms with Gasteiger partial charge in [-0.25, -0.2) is 0 Å². The smallest absolute Gasteiger partial charge is 0.0235 e. The Labute approximate surface area is 140 Å². The molecule has 5 heteroatoms. The Balaban J connectivity index is 0.00000180. The van der Waals surface area contributed by atoms with Crippen LogP contribution in [-0.4, -0.2) is 48.4 Å². The third kappa shape index (κ3) is 6.64. The topological polar surface area (TPSA) is 6.48 Å². The fourth-order valence-corrected chi connectivity index (χ4v) is 2.53. The van der Waals surface area contributed by atoms with E-state index in [1.54, 1.807) is 0 Å². The molecule has 2 rings (SSSR count). The van der Waals surface area contributed by atoms with E-state index in [1.807, 2.05) is 0 Å². The maximum atomic E-state index is 5.73. The third-order valence-electron chi connectivity index (χ3n) is 3.60. The van der Waals surface area contributed by atoms with Gasteiger partial charge in [-0.15, -0.1) is 36.4 Å². The van der Waals surface area contributed by atoms with Crippen molar-refractivity contribution in [2.75, 3.05) is 38.6 Å². The fraction of sp³-hybridized carbons (Fsp3) is 0.600. The molecule has 1 heterocycles. The summed E-state index contributed by atoms with van der Waals surface area (Å²) in [5, 5.41) is 0. The predicted octanol–water partition coefficient (Wildman–Crippen LogP) is 3.59. The Kier molecular flexibility index (Phi) is 10.7. The molecule has 0 radical (unpaired) electrons. The van der Waals surface area contributed by atoms with Crippen LogP contribution in [0.15, 0.2) is 24.3 Å². The summed E-state index contributed by atoms with van der Waals surface area (Å²) in [6.45, 7) is 9.10. The van der Waals surface area contributed by atoms with Crippen LogP contribution in [0.25, 0.3) is 0 Å². The number of halogens is 3. The number of hydrogen-bond acceptors (Lipinski definition) is 2. The molecule has 1 aliphatic heterocycles. The molecule has 0 saturated carbocycles. The van der Waals surface area contributed by atoms with Crippen LogP contribution < -0.4 is 0 Å². The molecule has 0 bridgehead atoms. The highest BCUT2D eigenvalue weighted by Crippen LogP contribution is 2.10. The second kappa shape index (κ2) is 10.7. The van der Waals surface area contributed by atoms with Crippen LogP contribution in [0.2, 0.25) is 0 Å². The van der Waals surface area contributed by atoms with Crippen molar-refractivity contribution < 1.29 is 0 Å². The van der Waals surface area contributed by atoms with E-state index in [4.69, 9.17) is 11.6 Å². The highest BCUT2D eigenvalue weighted by atomic mass is 35.5. The summed E-state index contributed by atoms with van der Waals surface area (Å²) in [4.78, 5) is 5.07. The summed E-state index contributed by atoms with van der Waals surface area (Å²) in [6, 6.07) is 8.89. The van der Waals surface area contributed by atoms with Gasteiger partial charge in [-0.05, 0) is 25.5 Å². The summed E-state index contributed by atoms with van der Waals surface area (Å²) >= 11 is 5.73. The molecular weight excluding hydrogens is 315 g/mol. The number of aryl methyl sites for hydroxylation is 1. The number of piperazine rings is 1. The molecule has 0 aliphatic carbocycles. The zero-order valence-corrected chi connectivity index (χ0v) is 14.4. The minimum atomic E-state index is 0. The molecule has 0 atom stereocenters. The van der Waals surface area contributed by atoms with E-state index in [-0.39, 0.29) is 24.8 Å². The molecular formula is C15H25Cl3N2. The van der Waals surface area contributed by atoms with Gasteiger partial charge in [-0.2, -0.15) is 0 Å². The zero-order chi connectivity index (χ0) is 12.8. The van der Waals surface area contributed by atoms with Crippen LogP contribution in [0.4, 0.5) is 0 Å². The lowest BCUT2D eigenvalue weighted by Gasteiger charge is -2.34. The summed E-state index contributed by atoms with van der Waals surface area (Å²) in [5.41, 5.74) is 2.76. The minimum Gasteiger partial charge on any atom is -0.301 e. The maximum absolute atomic E-state index is 5.73. The van der Waals surface area contributed by atoms with Crippen LogP contribution in [0.5, 0.6) is 0 Å². The van der Waals surface area contributed by atoms with E-state index in [9.17, 15) is 0 Å². The zero-order valence-electron chi connectivity index (χ0n) is 12.1. The van der Waals surface area contributed by atoms with Gasteiger partial charge >= 0.3 is 0 Å². The average molecular weight is 340 g/mol. The molecule has 1 aromatic carbocycles. The van der Waals surface area contributed by atoms with Gasteiger partial charge in [0.25, 0.3) is 0 Å². The first-order valence-electron chi connectivity index (χ1n) is 6.84. The van der Waals surface area contributed by atoms with E-state index < -0.39 is 0 Å². The molecule has 1 aliphatic rings. The van der Waals surface area contributed by atoms with Crippen LogP contribution in [-0.2, 0) is 6.54 Å². The number of hydrogen-bond donors (Lipinski definition) is 0. The molecule has 0 amide bonds. The van der Waals surface area contributed by atoms with Gasteiger partial charge in [0.1, 0.15) is 0 Å². The van der Waals surface area contributed by atoms with E-state index >= 15 is 0 Å². The number of benzene rings is 1. The van der Waals surface area contributed by atoms with Gasteiger partial charge < -0.3 is 4.90 Å². The Morgan fingerprint density at radius 2 is 1.50 bits per heavy atom. The Bertz CT molecular complexity index is 349. The van der Waals surface area contributed by atoms with Gasteiger partial charge in [0, 0.05) is 38.6 Å². The van der Waals surface area contributed by atoms with Crippen LogP contribution in [0.3, 0.4) is 0 Å². The third-order valence-corrected chi connectivity index (χ3v) is 3.87. The summed E-state index contributed by atoms with van der Waals surface area (Å²) in [6.07, 6.45) is 1.11. The first-order chi connectivity index (χ1) is 8.78. The number of rotatable bonds is 5. The lowest BCUT2D eigenvalue weighted by Crippen LogP contribution is -2.46. The first-order valence-corrected chi connectivity index (χ1v) is 7.37. The van der Waals surface area contributed by atoms with Crippen LogP contribution in [0.1, 0.15) is 17.5 Å². The Hall–Kier alpha value is 0.01000. The average Bonchev–Trinajstić information content (AvgIpc) is 2.41. The van der Waals surface area contributed by atoms with E-state index in [2.05, 4.69) is 41.0 Å². The summed E-state index contributed by atoms with van der Waals surface area (Å²) in [5.74, 6) is 0.781. The highest BCUT2D eigenvalue weighted by Gasteiger charge is 2.16. The van der Waals surface area contributed by atoms with Gasteiger partial charge in [0.05, 0.1) is 0 Å². The van der Waals surface area contributed by atoms with Crippen molar-refractivity contribution in [3.05, 3.63) is 35.4 Å². The second-order valence-corrected chi connectivity index (χ2v) is 5.52.